The van der Waals surface area contributed by atoms with Crippen molar-refractivity contribution in [2.45, 2.75) is 51.0 Å². The Labute approximate surface area is 129 Å². The van der Waals surface area contributed by atoms with Crippen LogP contribution >= 0.6 is 12.4 Å². The number of nitrogens with zero attached hydrogens (tertiary/aromatic N) is 2. The first-order valence-electron chi connectivity index (χ1n) is 7.49. The van der Waals surface area contributed by atoms with E-state index in [1.165, 1.54) is 6.42 Å². The van der Waals surface area contributed by atoms with E-state index < -0.39 is 10.2 Å². The Kier molecular flexibility index (Phi) is 7.21. The quantitative estimate of drug-likeness (QED) is 0.853. The molecule has 0 radical (unpaired) electrons. The highest BCUT2D eigenvalue weighted by atomic mass is 35.5. The Bertz CT molecular complexity index is 377. The van der Waals surface area contributed by atoms with E-state index >= 15 is 0 Å². The second-order valence-corrected chi connectivity index (χ2v) is 7.88. The summed E-state index contributed by atoms with van der Waals surface area (Å²) in [6, 6.07) is 0.200. The highest BCUT2D eigenvalue weighted by Gasteiger charge is 2.34. The van der Waals surface area contributed by atoms with Crippen LogP contribution in [0.25, 0.3) is 0 Å². The van der Waals surface area contributed by atoms with Gasteiger partial charge in [0.1, 0.15) is 0 Å². The minimum atomic E-state index is -3.27. The van der Waals surface area contributed by atoms with Crippen molar-refractivity contribution in [2.75, 3.05) is 26.7 Å². The molecule has 1 aliphatic heterocycles. The molecule has 1 saturated heterocycles. The third kappa shape index (κ3) is 4.07. The fourth-order valence-corrected chi connectivity index (χ4v) is 4.81. The van der Waals surface area contributed by atoms with Gasteiger partial charge in [0.2, 0.25) is 0 Å². The van der Waals surface area contributed by atoms with Gasteiger partial charge in [0.15, 0.2) is 0 Å². The summed E-state index contributed by atoms with van der Waals surface area (Å²) in [6.45, 7) is 1.93. The molecule has 20 heavy (non-hydrogen) atoms. The van der Waals surface area contributed by atoms with E-state index in [1.54, 1.807) is 15.7 Å². The third-order valence-corrected chi connectivity index (χ3v) is 6.73. The van der Waals surface area contributed by atoms with E-state index in [9.17, 15) is 8.42 Å². The van der Waals surface area contributed by atoms with Crippen molar-refractivity contribution >= 4 is 22.6 Å². The predicted molar refractivity (Wildman–Crippen MR) is 84.2 cm³/mol. The van der Waals surface area contributed by atoms with Crippen molar-refractivity contribution in [3.8, 4) is 0 Å². The van der Waals surface area contributed by atoms with Crippen molar-refractivity contribution in [2.24, 2.45) is 11.7 Å². The highest BCUT2D eigenvalue weighted by Crippen LogP contribution is 2.26. The summed E-state index contributed by atoms with van der Waals surface area (Å²) in [5.74, 6) is 0.492. The molecule has 0 unspecified atom stereocenters. The SMILES string of the molecule is CN(C1CCCCC1)S(=O)(=O)N1CCC(CN)CC1.Cl. The van der Waals surface area contributed by atoms with E-state index in [4.69, 9.17) is 5.73 Å². The monoisotopic (exact) mass is 325 g/mol. The maximum atomic E-state index is 12.6. The third-order valence-electron chi connectivity index (χ3n) is 4.69. The molecule has 0 aromatic rings. The number of piperidine rings is 1. The maximum Gasteiger partial charge on any atom is 0.281 e. The van der Waals surface area contributed by atoms with Gasteiger partial charge in [0.05, 0.1) is 0 Å². The number of rotatable bonds is 4. The largest absolute Gasteiger partial charge is 0.330 e. The van der Waals surface area contributed by atoms with Gasteiger partial charge in [-0.3, -0.25) is 0 Å². The Morgan fingerprint density at radius 1 is 1.10 bits per heavy atom. The average molecular weight is 326 g/mol. The average Bonchev–Trinajstić information content (AvgIpc) is 2.47. The number of hydrogen-bond acceptors (Lipinski definition) is 3. The van der Waals surface area contributed by atoms with Gasteiger partial charge in [-0.15, -0.1) is 12.4 Å². The van der Waals surface area contributed by atoms with E-state index in [1.807, 2.05) is 0 Å². The second kappa shape index (κ2) is 7.94. The molecule has 0 amide bonds. The van der Waals surface area contributed by atoms with Crippen LogP contribution in [0.15, 0.2) is 0 Å². The molecule has 1 heterocycles. The summed E-state index contributed by atoms with van der Waals surface area (Å²) in [7, 11) is -1.52. The van der Waals surface area contributed by atoms with Gasteiger partial charge >= 0.3 is 0 Å². The van der Waals surface area contributed by atoms with Gasteiger partial charge in [0, 0.05) is 26.2 Å². The van der Waals surface area contributed by atoms with Gasteiger partial charge in [-0.1, -0.05) is 19.3 Å². The summed E-state index contributed by atoms with van der Waals surface area (Å²) in [6.07, 6.45) is 7.36. The summed E-state index contributed by atoms with van der Waals surface area (Å²) >= 11 is 0. The van der Waals surface area contributed by atoms with Gasteiger partial charge in [-0.25, -0.2) is 0 Å². The Hall–Kier alpha value is 0.120. The Morgan fingerprint density at radius 2 is 1.65 bits per heavy atom. The normalized spacial score (nSPS) is 23.8. The molecule has 2 aliphatic rings. The number of halogens is 1. The number of nitrogens with two attached hydrogens (primary N) is 1. The molecule has 2 fully saturated rings. The van der Waals surface area contributed by atoms with Crippen LogP contribution in [-0.4, -0.2) is 49.8 Å². The topological polar surface area (TPSA) is 66.6 Å². The van der Waals surface area contributed by atoms with E-state index in [0.717, 1.165) is 38.5 Å². The summed E-state index contributed by atoms with van der Waals surface area (Å²) < 4.78 is 28.5. The van der Waals surface area contributed by atoms with Crippen molar-refractivity contribution < 1.29 is 8.42 Å². The number of hydrogen-bond donors (Lipinski definition) is 1. The van der Waals surface area contributed by atoms with Crippen LogP contribution in [0.5, 0.6) is 0 Å². The molecule has 5 nitrogen and oxygen atoms in total. The van der Waals surface area contributed by atoms with Crippen LogP contribution in [0.1, 0.15) is 44.9 Å². The lowest BCUT2D eigenvalue weighted by Gasteiger charge is -2.37. The molecule has 120 valence electrons. The van der Waals surface area contributed by atoms with Crippen LogP contribution in [0.2, 0.25) is 0 Å². The lowest BCUT2D eigenvalue weighted by molar-refractivity contribution is 0.233. The van der Waals surface area contributed by atoms with Crippen molar-refractivity contribution in [1.29, 1.82) is 0 Å². The van der Waals surface area contributed by atoms with Crippen molar-refractivity contribution in [3.05, 3.63) is 0 Å². The van der Waals surface area contributed by atoms with Gasteiger partial charge in [-0.2, -0.15) is 17.0 Å². The molecule has 0 aromatic heterocycles. The lowest BCUT2D eigenvalue weighted by Crippen LogP contribution is -2.50. The Balaban J connectivity index is 0.00000200. The maximum absolute atomic E-state index is 12.6. The summed E-state index contributed by atoms with van der Waals surface area (Å²) in [5, 5.41) is 0. The minimum Gasteiger partial charge on any atom is -0.330 e. The zero-order chi connectivity index (χ0) is 13.9. The molecule has 7 heteroatoms. The van der Waals surface area contributed by atoms with Gasteiger partial charge in [0.25, 0.3) is 10.2 Å². The van der Waals surface area contributed by atoms with E-state index in [2.05, 4.69) is 0 Å². The summed E-state index contributed by atoms with van der Waals surface area (Å²) in [5.41, 5.74) is 5.66. The predicted octanol–water partition coefficient (Wildman–Crippen LogP) is 1.59. The zero-order valence-electron chi connectivity index (χ0n) is 12.3. The fourth-order valence-electron chi connectivity index (χ4n) is 3.19. The molecular weight excluding hydrogens is 298 g/mol. The van der Waals surface area contributed by atoms with E-state index in [-0.39, 0.29) is 18.4 Å². The van der Waals surface area contributed by atoms with Crippen molar-refractivity contribution in [1.82, 2.24) is 8.61 Å². The van der Waals surface area contributed by atoms with Crippen LogP contribution < -0.4 is 5.73 Å². The van der Waals surface area contributed by atoms with Gasteiger partial charge in [-0.05, 0) is 38.1 Å². The van der Waals surface area contributed by atoms with Crippen LogP contribution in [0, 0.1) is 5.92 Å². The molecule has 1 saturated carbocycles. The molecule has 0 bridgehead atoms. The second-order valence-electron chi connectivity index (χ2n) is 5.89. The molecular formula is C13H28ClN3O2S. The van der Waals surface area contributed by atoms with Gasteiger partial charge < -0.3 is 5.73 Å². The van der Waals surface area contributed by atoms with Crippen LogP contribution in [-0.2, 0) is 10.2 Å². The standard InChI is InChI=1S/C13H27N3O2S.ClH/c1-15(13-5-3-2-4-6-13)19(17,18)16-9-7-12(11-14)8-10-16;/h12-13H,2-11,14H2,1H3;1H. The smallest absolute Gasteiger partial charge is 0.281 e. The van der Waals surface area contributed by atoms with E-state index in [0.29, 0.717) is 25.6 Å². The molecule has 0 aromatic carbocycles. The highest BCUT2D eigenvalue weighted by molar-refractivity contribution is 7.86. The molecule has 2 rings (SSSR count). The summed E-state index contributed by atoms with van der Waals surface area (Å²) in [4.78, 5) is 0. The molecule has 0 atom stereocenters. The van der Waals surface area contributed by atoms with Crippen molar-refractivity contribution in [3.63, 3.8) is 0 Å². The first-order chi connectivity index (χ1) is 9.05. The Morgan fingerprint density at radius 3 is 2.15 bits per heavy atom. The van der Waals surface area contributed by atoms with Crippen LogP contribution in [0.3, 0.4) is 0 Å². The first kappa shape index (κ1) is 18.2. The van der Waals surface area contributed by atoms with Crippen LogP contribution in [0.4, 0.5) is 0 Å². The fraction of sp³-hybridized carbons (Fsp3) is 1.00. The first-order valence-corrected chi connectivity index (χ1v) is 8.88. The molecule has 0 spiro atoms. The zero-order valence-corrected chi connectivity index (χ0v) is 14.0. The lowest BCUT2D eigenvalue weighted by atomic mass is 9.96. The molecule has 1 aliphatic carbocycles. The minimum absolute atomic E-state index is 0. The molecule has 2 N–H and O–H groups in total.